The number of rotatable bonds is 2. The first kappa shape index (κ1) is 16.0. The molecule has 0 fully saturated rings. The van der Waals surface area contributed by atoms with E-state index in [1.54, 1.807) is 0 Å². The minimum Gasteiger partial charge on any atom is -0.380 e. The van der Waals surface area contributed by atoms with Crippen LogP contribution in [0, 0.1) is 13.8 Å². The molecule has 0 saturated heterocycles. The Bertz CT molecular complexity index is 1010. The summed E-state index contributed by atoms with van der Waals surface area (Å²) in [5, 5.41) is 7.74. The maximum atomic E-state index is 5.97. The molecule has 0 amide bonds. The summed E-state index contributed by atoms with van der Waals surface area (Å²) < 4.78 is 0. The summed E-state index contributed by atoms with van der Waals surface area (Å²) in [5.41, 5.74) is 18.6. The van der Waals surface area contributed by atoms with Crippen molar-refractivity contribution < 1.29 is 0 Å². The van der Waals surface area contributed by atoms with Gasteiger partial charge in [-0.25, -0.2) is 9.97 Å². The molecule has 4 aromatic rings. The molecular formula is C20H18N6. The topological polar surface area (TPSA) is 104 Å². The lowest BCUT2D eigenvalue weighted by Gasteiger charge is -2.12. The van der Waals surface area contributed by atoms with E-state index in [0.29, 0.717) is 11.0 Å². The van der Waals surface area contributed by atoms with Gasteiger partial charge in [0, 0.05) is 11.1 Å². The zero-order valence-corrected chi connectivity index (χ0v) is 14.6. The van der Waals surface area contributed by atoms with Gasteiger partial charge in [0.2, 0.25) is 0 Å². The van der Waals surface area contributed by atoms with Crippen molar-refractivity contribution in [2.75, 3.05) is 11.5 Å². The fourth-order valence-corrected chi connectivity index (χ4v) is 2.82. The van der Waals surface area contributed by atoms with Crippen LogP contribution in [-0.4, -0.2) is 20.2 Å². The molecule has 2 heterocycles. The van der Waals surface area contributed by atoms with Gasteiger partial charge in [0.05, 0.1) is 11.4 Å². The molecule has 128 valence electrons. The molecule has 0 aliphatic rings. The van der Waals surface area contributed by atoms with E-state index in [1.165, 1.54) is 11.1 Å². The highest BCUT2D eigenvalue weighted by Crippen LogP contribution is 2.33. The first-order chi connectivity index (χ1) is 12.5. The van der Waals surface area contributed by atoms with Crippen LogP contribution in [-0.2, 0) is 0 Å². The minimum absolute atomic E-state index is 0.213. The summed E-state index contributed by atoms with van der Waals surface area (Å²) in [6.45, 7) is 4.09. The van der Waals surface area contributed by atoms with E-state index in [1.807, 2.05) is 62.4 Å². The van der Waals surface area contributed by atoms with Crippen molar-refractivity contribution in [3.8, 4) is 22.5 Å². The molecule has 0 unspecified atom stereocenters. The van der Waals surface area contributed by atoms with Gasteiger partial charge in [-0.1, -0.05) is 59.7 Å². The van der Waals surface area contributed by atoms with Gasteiger partial charge >= 0.3 is 0 Å². The van der Waals surface area contributed by atoms with Crippen molar-refractivity contribution in [3.05, 3.63) is 59.7 Å². The van der Waals surface area contributed by atoms with Crippen molar-refractivity contribution >= 4 is 22.7 Å². The van der Waals surface area contributed by atoms with Gasteiger partial charge in [0.15, 0.2) is 11.6 Å². The van der Waals surface area contributed by atoms with Gasteiger partial charge in [-0.15, -0.1) is 10.2 Å². The summed E-state index contributed by atoms with van der Waals surface area (Å²) in [7, 11) is 0. The van der Waals surface area contributed by atoms with Gasteiger partial charge < -0.3 is 11.5 Å². The Morgan fingerprint density at radius 3 is 1.27 bits per heavy atom. The van der Waals surface area contributed by atoms with Crippen LogP contribution in [0.15, 0.2) is 48.5 Å². The molecule has 0 radical (unpaired) electrons. The summed E-state index contributed by atoms with van der Waals surface area (Å²) >= 11 is 0. The van der Waals surface area contributed by atoms with E-state index >= 15 is 0 Å². The molecule has 0 bridgehead atoms. The highest BCUT2D eigenvalue weighted by Gasteiger charge is 2.17. The maximum Gasteiger partial charge on any atom is 0.174 e. The Morgan fingerprint density at radius 2 is 0.923 bits per heavy atom. The van der Waals surface area contributed by atoms with Crippen molar-refractivity contribution in [2.45, 2.75) is 13.8 Å². The zero-order valence-electron chi connectivity index (χ0n) is 14.6. The Labute approximate surface area is 150 Å². The van der Waals surface area contributed by atoms with Crippen LogP contribution in [0.2, 0.25) is 0 Å². The van der Waals surface area contributed by atoms with Crippen LogP contribution < -0.4 is 11.5 Å². The average Bonchev–Trinajstić information content (AvgIpc) is 2.65. The molecule has 2 aromatic carbocycles. The van der Waals surface area contributed by atoms with Crippen molar-refractivity contribution in [2.24, 2.45) is 0 Å². The molecule has 0 aliphatic carbocycles. The third-order valence-electron chi connectivity index (χ3n) is 4.30. The van der Waals surface area contributed by atoms with Crippen LogP contribution >= 0.6 is 0 Å². The predicted octanol–water partition coefficient (Wildman–Crippen LogP) is 3.54. The van der Waals surface area contributed by atoms with Gasteiger partial charge in [-0.2, -0.15) is 0 Å². The highest BCUT2D eigenvalue weighted by molar-refractivity contribution is 5.95. The smallest absolute Gasteiger partial charge is 0.174 e. The zero-order chi connectivity index (χ0) is 18.3. The quantitative estimate of drug-likeness (QED) is 0.577. The predicted molar refractivity (Wildman–Crippen MR) is 104 cm³/mol. The Hall–Kier alpha value is -3.54. The van der Waals surface area contributed by atoms with Crippen molar-refractivity contribution in [1.29, 1.82) is 0 Å². The summed E-state index contributed by atoms with van der Waals surface area (Å²) in [5.74, 6) is 0.427. The van der Waals surface area contributed by atoms with Crippen LogP contribution in [0.5, 0.6) is 0 Å². The van der Waals surface area contributed by atoms with E-state index < -0.39 is 0 Å². The van der Waals surface area contributed by atoms with Gasteiger partial charge in [-0.3, -0.25) is 0 Å². The lowest BCUT2D eigenvalue weighted by atomic mass is 10.0. The number of fused-ring (bicyclic) bond motifs is 1. The summed E-state index contributed by atoms with van der Waals surface area (Å²) in [6.07, 6.45) is 0. The first-order valence-electron chi connectivity index (χ1n) is 8.26. The number of anilines is 2. The minimum atomic E-state index is 0.213. The molecule has 4 rings (SSSR count). The Morgan fingerprint density at radius 1 is 0.577 bits per heavy atom. The Balaban J connectivity index is 2.06. The number of aryl methyl sites for hydroxylation is 2. The van der Waals surface area contributed by atoms with Crippen molar-refractivity contribution in [1.82, 2.24) is 20.2 Å². The molecule has 0 aliphatic heterocycles. The number of hydrogen-bond donors (Lipinski definition) is 2. The van der Waals surface area contributed by atoms with Gasteiger partial charge in [0.25, 0.3) is 0 Å². The number of hydrogen-bond acceptors (Lipinski definition) is 6. The van der Waals surface area contributed by atoms with Crippen LogP contribution in [0.3, 0.4) is 0 Å². The van der Waals surface area contributed by atoms with Gasteiger partial charge in [-0.05, 0) is 13.8 Å². The fourth-order valence-electron chi connectivity index (χ4n) is 2.82. The number of aromatic nitrogens is 4. The van der Waals surface area contributed by atoms with Crippen LogP contribution in [0.1, 0.15) is 11.1 Å². The molecule has 6 nitrogen and oxygen atoms in total. The molecule has 26 heavy (non-hydrogen) atoms. The summed E-state index contributed by atoms with van der Waals surface area (Å²) in [4.78, 5) is 9.53. The third kappa shape index (κ3) is 2.71. The van der Waals surface area contributed by atoms with E-state index in [9.17, 15) is 0 Å². The second kappa shape index (κ2) is 6.07. The van der Waals surface area contributed by atoms with Gasteiger partial charge in [0.1, 0.15) is 11.0 Å². The normalized spacial score (nSPS) is 11.0. The maximum absolute atomic E-state index is 5.97. The third-order valence-corrected chi connectivity index (χ3v) is 4.30. The monoisotopic (exact) mass is 342 g/mol. The van der Waals surface area contributed by atoms with E-state index in [2.05, 4.69) is 10.2 Å². The molecule has 4 N–H and O–H groups in total. The Kier molecular flexibility index (Phi) is 3.73. The average molecular weight is 342 g/mol. The van der Waals surface area contributed by atoms with Crippen molar-refractivity contribution in [3.63, 3.8) is 0 Å². The number of benzene rings is 2. The molecule has 6 heteroatoms. The number of nitrogens with zero attached hydrogens (tertiary/aromatic N) is 4. The largest absolute Gasteiger partial charge is 0.380 e. The molecule has 0 saturated carbocycles. The second-order valence-electron chi connectivity index (χ2n) is 6.32. The lowest BCUT2D eigenvalue weighted by molar-refractivity contribution is 1.06. The van der Waals surface area contributed by atoms with Crippen LogP contribution in [0.4, 0.5) is 11.6 Å². The van der Waals surface area contributed by atoms with E-state index in [-0.39, 0.29) is 11.6 Å². The highest BCUT2D eigenvalue weighted by atomic mass is 15.2. The molecule has 2 aromatic heterocycles. The molecule has 0 spiro atoms. The molecule has 0 atom stereocenters. The second-order valence-corrected chi connectivity index (χ2v) is 6.32. The fraction of sp³-hybridized carbons (Fsp3) is 0.100. The first-order valence-corrected chi connectivity index (χ1v) is 8.26. The molecular weight excluding hydrogens is 324 g/mol. The standard InChI is InChI=1S/C20H18N6/c1-11-3-7-13(8-4-11)15-16(14-9-5-12(2)6-10-14)24-18-17(23-15)19(21)25-26-20(18)22/h3-10H,1-2H3,(H2,21,25)(H2,22,26). The number of nitrogens with two attached hydrogens (primary N) is 2. The summed E-state index contributed by atoms with van der Waals surface area (Å²) in [6, 6.07) is 16.3. The van der Waals surface area contributed by atoms with E-state index in [4.69, 9.17) is 21.4 Å². The SMILES string of the molecule is Cc1ccc(-c2nc3c(N)nnc(N)c3nc2-c2ccc(C)cc2)cc1. The van der Waals surface area contributed by atoms with E-state index in [0.717, 1.165) is 22.5 Å². The lowest BCUT2D eigenvalue weighted by Crippen LogP contribution is -2.05. The number of nitrogen functional groups attached to an aromatic ring is 2. The van der Waals surface area contributed by atoms with Crippen LogP contribution in [0.25, 0.3) is 33.5 Å².